The van der Waals surface area contributed by atoms with Gasteiger partial charge in [0.1, 0.15) is 5.01 Å². The van der Waals surface area contributed by atoms with Crippen LogP contribution < -0.4 is 0 Å². The third-order valence-electron chi connectivity index (χ3n) is 5.92. The summed E-state index contributed by atoms with van der Waals surface area (Å²) in [6, 6.07) is 19.5. The van der Waals surface area contributed by atoms with Crippen molar-refractivity contribution < 1.29 is 0 Å². The van der Waals surface area contributed by atoms with Crippen LogP contribution in [-0.2, 0) is 6.42 Å². The molecule has 0 radical (unpaired) electrons. The van der Waals surface area contributed by atoms with Gasteiger partial charge in [-0.05, 0) is 41.0 Å². The van der Waals surface area contributed by atoms with E-state index in [0.717, 1.165) is 28.4 Å². The van der Waals surface area contributed by atoms with Gasteiger partial charge in [0.25, 0.3) is 0 Å². The molecule has 5 rings (SSSR count). The van der Waals surface area contributed by atoms with E-state index in [9.17, 15) is 0 Å². The first-order valence-electron chi connectivity index (χ1n) is 10.9. The van der Waals surface area contributed by atoms with E-state index in [2.05, 4.69) is 62.4 Å². The first-order valence-corrected chi connectivity index (χ1v) is 12.6. The van der Waals surface area contributed by atoms with E-state index < -0.39 is 0 Å². The summed E-state index contributed by atoms with van der Waals surface area (Å²) in [5, 5.41) is 4.89. The van der Waals surface area contributed by atoms with Crippen LogP contribution in [0.3, 0.4) is 0 Å². The van der Waals surface area contributed by atoms with Crippen molar-refractivity contribution in [3.63, 3.8) is 0 Å². The van der Waals surface area contributed by atoms with Gasteiger partial charge in [-0.3, -0.25) is 0 Å². The molecular formula is C26H26N2S2. The average molecular weight is 431 g/mol. The predicted molar refractivity (Wildman–Crippen MR) is 133 cm³/mol. The van der Waals surface area contributed by atoms with Crippen molar-refractivity contribution in [2.24, 2.45) is 5.92 Å². The molecule has 4 heteroatoms. The zero-order chi connectivity index (χ0) is 20.5. The number of aromatic nitrogens is 2. The molecule has 0 amide bonds. The molecule has 0 saturated heterocycles. The van der Waals surface area contributed by atoms with E-state index in [1.54, 1.807) is 11.3 Å². The molecule has 0 fully saturated rings. The molecule has 1 atom stereocenters. The molecule has 0 aliphatic carbocycles. The fourth-order valence-electron chi connectivity index (χ4n) is 4.12. The van der Waals surface area contributed by atoms with Crippen LogP contribution in [0, 0.1) is 5.92 Å². The maximum absolute atomic E-state index is 5.00. The molecule has 0 spiro atoms. The van der Waals surface area contributed by atoms with E-state index in [1.807, 2.05) is 17.4 Å². The minimum atomic E-state index is 0.755. The Morgan fingerprint density at radius 3 is 2.23 bits per heavy atom. The summed E-state index contributed by atoms with van der Waals surface area (Å²) >= 11 is 3.63. The van der Waals surface area contributed by atoms with Crippen LogP contribution in [0.2, 0.25) is 0 Å². The molecule has 2 heterocycles. The van der Waals surface area contributed by atoms with Crippen molar-refractivity contribution in [2.75, 3.05) is 0 Å². The van der Waals surface area contributed by atoms with Crippen molar-refractivity contribution in [3.05, 3.63) is 59.6 Å². The fraction of sp³-hybridized carbons (Fsp3) is 0.308. The minimum absolute atomic E-state index is 0.755. The topological polar surface area (TPSA) is 25.8 Å². The van der Waals surface area contributed by atoms with Crippen molar-refractivity contribution in [3.8, 4) is 10.6 Å². The lowest BCUT2D eigenvalue weighted by atomic mass is 9.96. The summed E-state index contributed by atoms with van der Waals surface area (Å²) in [6.45, 7) is 4.59. The lowest BCUT2D eigenvalue weighted by Crippen LogP contribution is -2.02. The van der Waals surface area contributed by atoms with Gasteiger partial charge in [-0.2, -0.15) is 0 Å². The largest absolute Gasteiger partial charge is 0.241 e. The van der Waals surface area contributed by atoms with E-state index in [-0.39, 0.29) is 0 Å². The molecule has 0 bridgehead atoms. The predicted octanol–water partition coefficient (Wildman–Crippen LogP) is 8.49. The summed E-state index contributed by atoms with van der Waals surface area (Å²) < 4.78 is 2.53. The minimum Gasteiger partial charge on any atom is -0.241 e. The van der Waals surface area contributed by atoms with Gasteiger partial charge in [-0.15, -0.1) is 22.7 Å². The highest BCUT2D eigenvalue weighted by molar-refractivity contribution is 7.21. The molecule has 0 aliphatic heterocycles. The van der Waals surface area contributed by atoms with Gasteiger partial charge in [0.2, 0.25) is 0 Å². The molecule has 1 unspecified atom stereocenters. The monoisotopic (exact) mass is 430 g/mol. The Balaban J connectivity index is 1.50. The van der Waals surface area contributed by atoms with Crippen LogP contribution in [0.1, 0.15) is 44.5 Å². The van der Waals surface area contributed by atoms with Crippen molar-refractivity contribution >= 4 is 53.9 Å². The third kappa shape index (κ3) is 3.86. The van der Waals surface area contributed by atoms with E-state index >= 15 is 0 Å². The lowest BCUT2D eigenvalue weighted by molar-refractivity contribution is 0.449. The molecule has 3 aromatic carbocycles. The standard InChI is InChI=1S/C26H26N2S2/c1-3-5-9-17(4-2)12-25-27-21-13-19-16-24-22(14-20(19)15-23(21)29-25)28-26(30-24)18-10-7-6-8-11-18/h6-8,10-11,13-17H,3-5,9,12H2,1-2H3. The van der Waals surface area contributed by atoms with Gasteiger partial charge >= 0.3 is 0 Å². The zero-order valence-corrected chi connectivity index (χ0v) is 19.2. The zero-order valence-electron chi connectivity index (χ0n) is 17.5. The first kappa shape index (κ1) is 19.7. The van der Waals surface area contributed by atoms with Gasteiger partial charge in [0, 0.05) is 12.0 Å². The van der Waals surface area contributed by atoms with Crippen LogP contribution in [0.5, 0.6) is 0 Å². The van der Waals surface area contributed by atoms with Gasteiger partial charge in [-0.1, -0.05) is 69.9 Å². The second-order valence-electron chi connectivity index (χ2n) is 8.10. The van der Waals surface area contributed by atoms with Gasteiger partial charge in [0.05, 0.1) is 25.4 Å². The number of nitrogens with zero attached hydrogens (tertiary/aromatic N) is 2. The third-order valence-corrected chi connectivity index (χ3v) is 8.03. The van der Waals surface area contributed by atoms with Crippen LogP contribution in [0.4, 0.5) is 0 Å². The number of rotatable bonds is 7. The van der Waals surface area contributed by atoms with Crippen LogP contribution in [0.15, 0.2) is 54.6 Å². The number of fused-ring (bicyclic) bond motifs is 3. The summed E-state index contributed by atoms with van der Waals surface area (Å²) in [5.41, 5.74) is 3.41. The number of thiazole rings is 2. The molecular weight excluding hydrogens is 404 g/mol. The Bertz CT molecular complexity index is 1230. The highest BCUT2D eigenvalue weighted by Crippen LogP contribution is 2.35. The maximum Gasteiger partial charge on any atom is 0.124 e. The molecule has 30 heavy (non-hydrogen) atoms. The summed E-state index contributed by atoms with van der Waals surface area (Å²) in [4.78, 5) is 9.90. The normalized spacial score (nSPS) is 12.9. The van der Waals surface area contributed by atoms with Crippen molar-refractivity contribution in [1.29, 1.82) is 0 Å². The van der Waals surface area contributed by atoms with Crippen LogP contribution in [0.25, 0.3) is 41.8 Å². The van der Waals surface area contributed by atoms with Crippen LogP contribution >= 0.6 is 22.7 Å². The first-order chi connectivity index (χ1) is 14.7. The molecule has 0 aliphatic rings. The highest BCUT2D eigenvalue weighted by Gasteiger charge is 2.13. The Hall–Kier alpha value is -2.30. The average Bonchev–Trinajstić information content (AvgIpc) is 3.36. The Morgan fingerprint density at radius 2 is 1.53 bits per heavy atom. The fourth-order valence-corrected chi connectivity index (χ4v) is 6.24. The molecule has 0 N–H and O–H groups in total. The Morgan fingerprint density at radius 1 is 0.833 bits per heavy atom. The molecule has 0 saturated carbocycles. The molecule has 2 nitrogen and oxygen atoms in total. The Kier molecular flexibility index (Phi) is 5.53. The van der Waals surface area contributed by atoms with Gasteiger partial charge in [0.15, 0.2) is 0 Å². The molecule has 2 aromatic heterocycles. The highest BCUT2D eigenvalue weighted by atomic mass is 32.1. The van der Waals surface area contributed by atoms with E-state index in [1.165, 1.54) is 56.4 Å². The number of unbranched alkanes of at least 4 members (excludes halogenated alkanes) is 1. The van der Waals surface area contributed by atoms with Gasteiger partial charge < -0.3 is 0 Å². The molecule has 5 aromatic rings. The second-order valence-corrected chi connectivity index (χ2v) is 10.2. The number of benzene rings is 3. The summed E-state index contributed by atoms with van der Waals surface area (Å²) in [5.74, 6) is 0.755. The van der Waals surface area contributed by atoms with Gasteiger partial charge in [-0.25, -0.2) is 9.97 Å². The quantitative estimate of drug-likeness (QED) is 0.259. The maximum atomic E-state index is 5.00. The van der Waals surface area contributed by atoms with E-state index in [4.69, 9.17) is 9.97 Å². The summed E-state index contributed by atoms with van der Waals surface area (Å²) in [7, 11) is 0. The van der Waals surface area contributed by atoms with Crippen molar-refractivity contribution in [1.82, 2.24) is 9.97 Å². The second kappa shape index (κ2) is 8.44. The number of hydrogen-bond donors (Lipinski definition) is 0. The van der Waals surface area contributed by atoms with Crippen molar-refractivity contribution in [2.45, 2.75) is 46.0 Å². The lowest BCUT2D eigenvalue weighted by Gasteiger charge is -2.11. The number of hydrogen-bond acceptors (Lipinski definition) is 4. The smallest absolute Gasteiger partial charge is 0.124 e. The Labute approximate surface area is 185 Å². The SMILES string of the molecule is CCCCC(CC)Cc1nc2cc3cc4sc(-c5ccccc5)nc4cc3cc2s1. The van der Waals surface area contributed by atoms with Crippen LogP contribution in [-0.4, -0.2) is 9.97 Å². The molecule has 152 valence electrons. The summed E-state index contributed by atoms with van der Waals surface area (Å²) in [6.07, 6.45) is 6.27. The van der Waals surface area contributed by atoms with E-state index in [0.29, 0.717) is 0 Å².